The van der Waals surface area contributed by atoms with Crippen LogP contribution < -0.4 is 5.32 Å². The van der Waals surface area contributed by atoms with Gasteiger partial charge >= 0.3 is 0 Å². The van der Waals surface area contributed by atoms with Crippen LogP contribution in [0.25, 0.3) is 0 Å². The molecule has 1 fully saturated rings. The highest BCUT2D eigenvalue weighted by molar-refractivity contribution is 4.70. The average Bonchev–Trinajstić information content (AvgIpc) is 2.05. The van der Waals surface area contributed by atoms with Gasteiger partial charge in [-0.05, 0) is 39.4 Å². The van der Waals surface area contributed by atoms with Crippen LogP contribution in [0.3, 0.4) is 0 Å². The summed E-state index contributed by atoms with van der Waals surface area (Å²) in [5.41, 5.74) is 0. The van der Waals surface area contributed by atoms with Gasteiger partial charge in [-0.1, -0.05) is 6.92 Å². The van der Waals surface area contributed by atoms with Crippen molar-refractivity contribution in [3.05, 3.63) is 0 Å². The maximum absolute atomic E-state index is 3.50. The first-order chi connectivity index (χ1) is 4.84. The summed E-state index contributed by atoms with van der Waals surface area (Å²) in [6.07, 6.45) is 4.72. The molecule has 1 heterocycles. The third kappa shape index (κ3) is 1.96. The molecule has 1 rings (SSSR count). The van der Waals surface area contributed by atoms with Gasteiger partial charge in [0.1, 0.15) is 0 Å². The number of nitrogens with zero attached hydrogens (tertiary/aromatic N) is 1. The normalized spacial score (nSPS) is 27.3. The molecule has 0 aromatic carbocycles. The topological polar surface area (TPSA) is 15.3 Å². The smallest absolute Gasteiger partial charge is 0.0594 e. The molecule has 1 aliphatic heterocycles. The number of hydrogen-bond acceptors (Lipinski definition) is 2. The van der Waals surface area contributed by atoms with E-state index in [1.807, 2.05) is 0 Å². The highest BCUT2D eigenvalue weighted by atomic mass is 15.2. The lowest BCUT2D eigenvalue weighted by molar-refractivity contribution is 0.178. The first-order valence-electron chi connectivity index (χ1n) is 4.28. The van der Waals surface area contributed by atoms with E-state index in [0.717, 1.165) is 6.54 Å². The zero-order valence-electron chi connectivity index (χ0n) is 7.06. The van der Waals surface area contributed by atoms with Crippen LogP contribution >= 0.6 is 0 Å². The Labute approximate surface area is 63.6 Å². The lowest BCUT2D eigenvalue weighted by Gasteiger charge is -2.31. The Morgan fingerprint density at radius 2 is 2.30 bits per heavy atom. The maximum Gasteiger partial charge on any atom is 0.0594 e. The number of hydrogen-bond donors (Lipinski definition) is 1. The van der Waals surface area contributed by atoms with Crippen molar-refractivity contribution in [3.63, 3.8) is 0 Å². The maximum atomic E-state index is 3.50. The van der Waals surface area contributed by atoms with E-state index in [9.17, 15) is 0 Å². The molecular formula is C8H18N2. The first kappa shape index (κ1) is 8.02. The molecule has 0 aromatic rings. The van der Waals surface area contributed by atoms with E-state index in [4.69, 9.17) is 0 Å². The summed E-state index contributed by atoms with van der Waals surface area (Å²) in [5, 5.41) is 3.50. The Bertz CT molecular complexity index is 87.3. The Hall–Kier alpha value is -0.0800. The standard InChI is InChI=1S/C8H18N2/c1-3-10(2)8-6-4-5-7-9-8/h8-9H,3-7H2,1-2H3. The van der Waals surface area contributed by atoms with E-state index in [2.05, 4.69) is 24.2 Å². The average molecular weight is 142 g/mol. The van der Waals surface area contributed by atoms with Gasteiger partial charge in [0.15, 0.2) is 0 Å². The lowest BCUT2D eigenvalue weighted by atomic mass is 10.1. The van der Waals surface area contributed by atoms with Crippen molar-refractivity contribution in [2.75, 3.05) is 20.1 Å². The van der Waals surface area contributed by atoms with Gasteiger partial charge in [0.25, 0.3) is 0 Å². The zero-order chi connectivity index (χ0) is 7.40. The van der Waals surface area contributed by atoms with Crippen LogP contribution in [-0.4, -0.2) is 31.2 Å². The molecule has 0 saturated carbocycles. The lowest BCUT2D eigenvalue weighted by Crippen LogP contribution is -2.46. The third-order valence-electron chi connectivity index (χ3n) is 2.32. The van der Waals surface area contributed by atoms with Crippen molar-refractivity contribution in [1.29, 1.82) is 0 Å². The van der Waals surface area contributed by atoms with E-state index < -0.39 is 0 Å². The fourth-order valence-corrected chi connectivity index (χ4v) is 1.43. The molecule has 0 bridgehead atoms. The summed E-state index contributed by atoms with van der Waals surface area (Å²) < 4.78 is 0. The predicted octanol–water partition coefficient (Wildman–Crippen LogP) is 1.04. The molecule has 1 aliphatic rings. The van der Waals surface area contributed by atoms with Gasteiger partial charge in [-0.15, -0.1) is 0 Å². The fourth-order valence-electron chi connectivity index (χ4n) is 1.43. The molecule has 2 heteroatoms. The molecule has 0 radical (unpaired) electrons. The van der Waals surface area contributed by atoms with Gasteiger partial charge in [-0.2, -0.15) is 0 Å². The fraction of sp³-hybridized carbons (Fsp3) is 1.00. The Kier molecular flexibility index (Phi) is 3.16. The van der Waals surface area contributed by atoms with Gasteiger partial charge in [-0.25, -0.2) is 0 Å². The second-order valence-electron chi connectivity index (χ2n) is 3.04. The zero-order valence-corrected chi connectivity index (χ0v) is 7.06. The molecule has 0 spiro atoms. The quantitative estimate of drug-likeness (QED) is 0.619. The van der Waals surface area contributed by atoms with Gasteiger partial charge < -0.3 is 5.32 Å². The number of rotatable bonds is 2. The van der Waals surface area contributed by atoms with Crippen molar-refractivity contribution in [2.45, 2.75) is 32.4 Å². The van der Waals surface area contributed by atoms with E-state index >= 15 is 0 Å². The monoisotopic (exact) mass is 142 g/mol. The van der Waals surface area contributed by atoms with Gasteiger partial charge in [0.2, 0.25) is 0 Å². The summed E-state index contributed by atoms with van der Waals surface area (Å²) in [7, 11) is 2.18. The van der Waals surface area contributed by atoms with Gasteiger partial charge in [0, 0.05) is 0 Å². The minimum absolute atomic E-state index is 0.652. The van der Waals surface area contributed by atoms with Crippen molar-refractivity contribution in [1.82, 2.24) is 10.2 Å². The molecule has 0 amide bonds. The Morgan fingerprint density at radius 3 is 2.80 bits per heavy atom. The molecule has 1 unspecified atom stereocenters. The summed E-state index contributed by atoms with van der Waals surface area (Å²) in [5.74, 6) is 0. The van der Waals surface area contributed by atoms with Crippen LogP contribution in [-0.2, 0) is 0 Å². The van der Waals surface area contributed by atoms with Crippen LogP contribution in [0.15, 0.2) is 0 Å². The molecule has 10 heavy (non-hydrogen) atoms. The van der Waals surface area contributed by atoms with Crippen LogP contribution in [0.4, 0.5) is 0 Å². The summed E-state index contributed by atoms with van der Waals surface area (Å²) >= 11 is 0. The van der Waals surface area contributed by atoms with E-state index in [-0.39, 0.29) is 0 Å². The van der Waals surface area contributed by atoms with Crippen molar-refractivity contribution in [3.8, 4) is 0 Å². The summed E-state index contributed by atoms with van der Waals surface area (Å²) in [4.78, 5) is 2.37. The molecule has 60 valence electrons. The van der Waals surface area contributed by atoms with E-state index in [1.165, 1.54) is 25.8 Å². The molecule has 2 nitrogen and oxygen atoms in total. The minimum atomic E-state index is 0.652. The first-order valence-corrected chi connectivity index (χ1v) is 4.28. The van der Waals surface area contributed by atoms with E-state index in [1.54, 1.807) is 0 Å². The SMILES string of the molecule is CCN(C)C1CCCCN1. The van der Waals surface area contributed by atoms with E-state index in [0.29, 0.717) is 6.17 Å². The van der Waals surface area contributed by atoms with Gasteiger partial charge in [-0.3, -0.25) is 4.90 Å². The van der Waals surface area contributed by atoms with Gasteiger partial charge in [0.05, 0.1) is 6.17 Å². The highest BCUT2D eigenvalue weighted by Crippen LogP contribution is 2.08. The molecule has 1 saturated heterocycles. The van der Waals surface area contributed by atoms with Crippen molar-refractivity contribution >= 4 is 0 Å². The second kappa shape index (κ2) is 3.94. The minimum Gasteiger partial charge on any atom is -0.302 e. The molecule has 0 aliphatic carbocycles. The Balaban J connectivity index is 2.24. The molecule has 1 N–H and O–H groups in total. The Morgan fingerprint density at radius 1 is 1.50 bits per heavy atom. The molecule has 0 aromatic heterocycles. The largest absolute Gasteiger partial charge is 0.302 e. The van der Waals surface area contributed by atoms with Crippen LogP contribution in [0, 0.1) is 0 Å². The number of nitrogens with one attached hydrogen (secondary N) is 1. The van der Waals surface area contributed by atoms with Crippen LogP contribution in [0.5, 0.6) is 0 Å². The van der Waals surface area contributed by atoms with Crippen LogP contribution in [0.1, 0.15) is 26.2 Å². The van der Waals surface area contributed by atoms with Crippen LogP contribution in [0.2, 0.25) is 0 Å². The third-order valence-corrected chi connectivity index (χ3v) is 2.32. The molecule has 1 atom stereocenters. The van der Waals surface area contributed by atoms with Crippen molar-refractivity contribution in [2.24, 2.45) is 0 Å². The molecular weight excluding hydrogens is 124 g/mol. The summed E-state index contributed by atoms with van der Waals surface area (Å²) in [6.45, 7) is 4.56. The van der Waals surface area contributed by atoms with Crippen molar-refractivity contribution < 1.29 is 0 Å². The number of piperidine rings is 1. The predicted molar refractivity (Wildman–Crippen MR) is 43.9 cm³/mol. The highest BCUT2D eigenvalue weighted by Gasteiger charge is 2.14. The summed E-state index contributed by atoms with van der Waals surface area (Å²) in [6, 6.07) is 0. The second-order valence-corrected chi connectivity index (χ2v) is 3.04.